The maximum absolute atomic E-state index is 5.77. The summed E-state index contributed by atoms with van der Waals surface area (Å²) in [5, 5.41) is 0.927. The predicted molar refractivity (Wildman–Crippen MR) is 81.1 cm³/mol. The van der Waals surface area contributed by atoms with Crippen molar-refractivity contribution in [1.82, 2.24) is 15.0 Å². The minimum Gasteiger partial charge on any atom is -0.382 e. The first-order valence-corrected chi connectivity index (χ1v) is 7.00. The van der Waals surface area contributed by atoms with Gasteiger partial charge in [-0.15, -0.1) is 0 Å². The van der Waals surface area contributed by atoms with Crippen LogP contribution in [-0.2, 0) is 0 Å². The molecule has 0 spiro atoms. The van der Waals surface area contributed by atoms with E-state index in [1.54, 1.807) is 0 Å². The zero-order chi connectivity index (χ0) is 13.8. The van der Waals surface area contributed by atoms with Crippen molar-refractivity contribution in [3.8, 4) is 10.6 Å². The molecule has 19 heavy (non-hydrogen) atoms. The zero-order valence-electron chi connectivity index (χ0n) is 11.2. The molecule has 2 aromatic heterocycles. The fourth-order valence-corrected chi connectivity index (χ4v) is 2.58. The standard InChI is InChI=1S/C12H10N4S.C2H6/c1-7-3-2-4-8(5-7)11-16-9-10(13)14-6-15-12(9)17-11;1-2/h2-6H,1H3,(H2,13,14,15);1-2H3. The van der Waals surface area contributed by atoms with E-state index < -0.39 is 0 Å². The topological polar surface area (TPSA) is 64.7 Å². The van der Waals surface area contributed by atoms with Crippen molar-refractivity contribution in [2.24, 2.45) is 0 Å². The molecule has 0 aliphatic heterocycles. The third-order valence-electron chi connectivity index (χ3n) is 2.49. The zero-order valence-corrected chi connectivity index (χ0v) is 12.0. The van der Waals surface area contributed by atoms with Crippen LogP contribution in [0.1, 0.15) is 19.4 Å². The molecule has 4 nitrogen and oxygen atoms in total. The van der Waals surface area contributed by atoms with Crippen LogP contribution < -0.4 is 5.73 Å². The number of nitrogen functional groups attached to an aromatic ring is 1. The molecule has 3 aromatic rings. The van der Waals surface area contributed by atoms with E-state index in [1.807, 2.05) is 26.0 Å². The molecule has 0 unspecified atom stereocenters. The highest BCUT2D eigenvalue weighted by Crippen LogP contribution is 2.30. The van der Waals surface area contributed by atoms with Gasteiger partial charge in [-0.1, -0.05) is 48.9 Å². The summed E-state index contributed by atoms with van der Waals surface area (Å²) in [5.74, 6) is 0.435. The van der Waals surface area contributed by atoms with Gasteiger partial charge in [0.25, 0.3) is 0 Å². The molecule has 2 N–H and O–H groups in total. The number of nitrogens with zero attached hydrogens (tertiary/aromatic N) is 3. The smallest absolute Gasteiger partial charge is 0.154 e. The molecular weight excluding hydrogens is 256 g/mol. The lowest BCUT2D eigenvalue weighted by atomic mass is 10.1. The summed E-state index contributed by atoms with van der Waals surface area (Å²) in [6.07, 6.45) is 1.47. The van der Waals surface area contributed by atoms with Gasteiger partial charge in [0.05, 0.1) is 0 Å². The highest BCUT2D eigenvalue weighted by Gasteiger charge is 2.09. The molecular formula is C14H16N4S. The molecule has 0 saturated heterocycles. The second kappa shape index (κ2) is 5.75. The van der Waals surface area contributed by atoms with E-state index in [0.29, 0.717) is 11.3 Å². The normalized spacial score (nSPS) is 10.1. The van der Waals surface area contributed by atoms with Gasteiger partial charge in [0.1, 0.15) is 21.7 Å². The van der Waals surface area contributed by atoms with Crippen molar-refractivity contribution in [2.75, 3.05) is 5.73 Å². The Hall–Kier alpha value is -2.01. The van der Waals surface area contributed by atoms with Gasteiger partial charge in [0.2, 0.25) is 0 Å². The number of fused-ring (bicyclic) bond motifs is 1. The molecule has 2 heterocycles. The molecule has 5 heteroatoms. The molecule has 0 amide bonds. The van der Waals surface area contributed by atoms with Gasteiger partial charge >= 0.3 is 0 Å². The Morgan fingerprint density at radius 2 is 1.95 bits per heavy atom. The number of thiazole rings is 1. The second-order valence-electron chi connectivity index (χ2n) is 3.80. The third kappa shape index (κ3) is 2.71. The summed E-state index contributed by atoms with van der Waals surface area (Å²) in [5.41, 5.74) is 8.76. The SMILES string of the molecule is CC.Cc1cccc(-c2nc3c(N)ncnc3s2)c1. The van der Waals surface area contributed by atoms with Crippen LogP contribution in [0.15, 0.2) is 30.6 Å². The van der Waals surface area contributed by atoms with Gasteiger partial charge in [-0.05, 0) is 13.0 Å². The fourth-order valence-electron chi connectivity index (χ4n) is 1.67. The highest BCUT2D eigenvalue weighted by atomic mass is 32.1. The lowest BCUT2D eigenvalue weighted by Gasteiger charge is -1.96. The van der Waals surface area contributed by atoms with E-state index >= 15 is 0 Å². The summed E-state index contributed by atoms with van der Waals surface area (Å²) in [6.45, 7) is 6.06. The summed E-state index contributed by atoms with van der Waals surface area (Å²) in [7, 11) is 0. The number of aromatic nitrogens is 3. The Morgan fingerprint density at radius 1 is 1.16 bits per heavy atom. The van der Waals surface area contributed by atoms with Crippen molar-refractivity contribution < 1.29 is 0 Å². The molecule has 98 valence electrons. The van der Waals surface area contributed by atoms with E-state index in [-0.39, 0.29) is 0 Å². The van der Waals surface area contributed by atoms with Crippen molar-refractivity contribution in [2.45, 2.75) is 20.8 Å². The lowest BCUT2D eigenvalue weighted by Crippen LogP contribution is -1.91. The number of hydrogen-bond donors (Lipinski definition) is 1. The van der Waals surface area contributed by atoms with E-state index in [0.717, 1.165) is 15.4 Å². The van der Waals surface area contributed by atoms with Gasteiger partial charge in [-0.25, -0.2) is 15.0 Å². The summed E-state index contributed by atoms with van der Waals surface area (Å²) < 4.78 is 0. The first kappa shape index (κ1) is 13.4. The Labute approximate surface area is 116 Å². The monoisotopic (exact) mass is 272 g/mol. The maximum Gasteiger partial charge on any atom is 0.154 e. The summed E-state index contributed by atoms with van der Waals surface area (Å²) in [6, 6.07) is 8.21. The Morgan fingerprint density at radius 3 is 2.63 bits per heavy atom. The number of rotatable bonds is 1. The minimum absolute atomic E-state index is 0.435. The average Bonchev–Trinajstić information content (AvgIpc) is 2.87. The van der Waals surface area contributed by atoms with Crippen LogP contribution in [0.5, 0.6) is 0 Å². The number of benzene rings is 1. The Balaban J connectivity index is 0.000000637. The minimum atomic E-state index is 0.435. The molecule has 0 aliphatic carbocycles. The average molecular weight is 272 g/mol. The van der Waals surface area contributed by atoms with Crippen LogP contribution in [-0.4, -0.2) is 15.0 Å². The van der Waals surface area contributed by atoms with Gasteiger partial charge in [-0.2, -0.15) is 0 Å². The molecule has 3 rings (SSSR count). The van der Waals surface area contributed by atoms with Crippen LogP contribution in [0.25, 0.3) is 20.9 Å². The second-order valence-corrected chi connectivity index (χ2v) is 4.78. The number of hydrogen-bond acceptors (Lipinski definition) is 5. The first-order chi connectivity index (χ1) is 9.24. The first-order valence-electron chi connectivity index (χ1n) is 6.18. The van der Waals surface area contributed by atoms with Crippen LogP contribution in [0.3, 0.4) is 0 Å². The van der Waals surface area contributed by atoms with Gasteiger partial charge in [0, 0.05) is 5.56 Å². The van der Waals surface area contributed by atoms with Gasteiger partial charge in [0.15, 0.2) is 5.82 Å². The van der Waals surface area contributed by atoms with E-state index in [2.05, 4.69) is 34.0 Å². The number of nitrogens with two attached hydrogens (primary N) is 1. The largest absolute Gasteiger partial charge is 0.382 e. The van der Waals surface area contributed by atoms with Crippen LogP contribution in [0.2, 0.25) is 0 Å². The van der Waals surface area contributed by atoms with E-state index in [9.17, 15) is 0 Å². The van der Waals surface area contributed by atoms with Crippen molar-refractivity contribution in [1.29, 1.82) is 0 Å². The van der Waals surface area contributed by atoms with Crippen LogP contribution in [0, 0.1) is 6.92 Å². The lowest BCUT2D eigenvalue weighted by molar-refractivity contribution is 1.23. The molecule has 0 saturated carbocycles. The van der Waals surface area contributed by atoms with Crippen LogP contribution >= 0.6 is 11.3 Å². The fraction of sp³-hybridized carbons (Fsp3) is 0.214. The predicted octanol–water partition coefficient (Wildman–Crippen LogP) is 3.67. The summed E-state index contributed by atoms with van der Waals surface area (Å²) in [4.78, 5) is 13.4. The number of anilines is 1. The molecule has 0 bridgehead atoms. The highest BCUT2D eigenvalue weighted by molar-refractivity contribution is 7.21. The van der Waals surface area contributed by atoms with Crippen molar-refractivity contribution >= 4 is 27.5 Å². The number of aryl methyl sites for hydroxylation is 1. The van der Waals surface area contributed by atoms with E-state index in [1.165, 1.54) is 23.2 Å². The molecule has 0 fully saturated rings. The van der Waals surface area contributed by atoms with E-state index in [4.69, 9.17) is 5.73 Å². The van der Waals surface area contributed by atoms with Crippen molar-refractivity contribution in [3.05, 3.63) is 36.2 Å². The van der Waals surface area contributed by atoms with Gasteiger partial charge in [-0.3, -0.25) is 0 Å². The molecule has 0 aliphatic rings. The van der Waals surface area contributed by atoms with Gasteiger partial charge < -0.3 is 5.73 Å². The third-order valence-corrected chi connectivity index (χ3v) is 3.50. The molecule has 0 radical (unpaired) electrons. The van der Waals surface area contributed by atoms with Crippen LogP contribution in [0.4, 0.5) is 5.82 Å². The summed E-state index contributed by atoms with van der Waals surface area (Å²) >= 11 is 1.53. The van der Waals surface area contributed by atoms with Crippen molar-refractivity contribution in [3.63, 3.8) is 0 Å². The Kier molecular flexibility index (Phi) is 4.06. The quantitative estimate of drug-likeness (QED) is 0.734. The molecule has 1 aromatic carbocycles. The maximum atomic E-state index is 5.77. The molecule has 0 atom stereocenters. The Bertz CT molecular complexity index is 691.